The van der Waals surface area contributed by atoms with Gasteiger partial charge in [0.25, 0.3) is 0 Å². The minimum absolute atomic E-state index is 0.0584. The van der Waals surface area contributed by atoms with Crippen LogP contribution in [0.5, 0.6) is 17.2 Å². The maximum Gasteiger partial charge on any atom is 0.204 e. The van der Waals surface area contributed by atoms with E-state index in [1.807, 2.05) is 39.8 Å². The zero-order chi connectivity index (χ0) is 24.3. The van der Waals surface area contributed by atoms with Gasteiger partial charge in [-0.05, 0) is 58.6 Å². The monoisotopic (exact) mass is 452 g/mol. The van der Waals surface area contributed by atoms with Crippen molar-refractivity contribution in [2.45, 2.75) is 47.5 Å². The van der Waals surface area contributed by atoms with Crippen molar-refractivity contribution in [3.8, 4) is 17.2 Å². The molecule has 176 valence electrons. The van der Waals surface area contributed by atoms with Gasteiger partial charge in [-0.15, -0.1) is 0 Å². The van der Waals surface area contributed by atoms with Crippen LogP contribution in [0.1, 0.15) is 44.4 Å². The van der Waals surface area contributed by atoms with Crippen molar-refractivity contribution < 1.29 is 24.1 Å². The van der Waals surface area contributed by atoms with Crippen LogP contribution in [0.25, 0.3) is 21.9 Å². The van der Waals surface area contributed by atoms with Crippen LogP contribution in [0.3, 0.4) is 0 Å². The average Bonchev–Trinajstić information content (AvgIpc) is 2.73. The van der Waals surface area contributed by atoms with Crippen molar-refractivity contribution in [1.29, 1.82) is 0 Å². The molecule has 0 saturated carbocycles. The molecule has 0 bridgehead atoms. The lowest BCUT2D eigenvalue weighted by Gasteiger charge is -2.16. The normalized spacial score (nSPS) is 11.1. The maximum atomic E-state index is 13.7. The van der Waals surface area contributed by atoms with Crippen LogP contribution < -0.4 is 10.2 Å². The Morgan fingerprint density at radius 3 is 2.15 bits per heavy atom. The molecule has 6 nitrogen and oxygen atoms in total. The number of methoxy groups -OCH3 is 1. The van der Waals surface area contributed by atoms with Crippen LogP contribution in [0.4, 0.5) is 0 Å². The lowest BCUT2D eigenvalue weighted by molar-refractivity contribution is 0.145. The van der Waals surface area contributed by atoms with E-state index in [9.17, 15) is 15.0 Å². The van der Waals surface area contributed by atoms with E-state index in [1.165, 1.54) is 6.07 Å². The molecule has 3 rings (SSSR count). The van der Waals surface area contributed by atoms with E-state index in [1.54, 1.807) is 20.1 Å². The summed E-state index contributed by atoms with van der Waals surface area (Å²) >= 11 is 0. The second-order valence-electron chi connectivity index (χ2n) is 8.69. The van der Waals surface area contributed by atoms with Gasteiger partial charge >= 0.3 is 0 Å². The molecule has 33 heavy (non-hydrogen) atoms. The number of hydrogen-bond donors (Lipinski definition) is 2. The van der Waals surface area contributed by atoms with Crippen LogP contribution in [0, 0.1) is 6.92 Å². The van der Waals surface area contributed by atoms with Crippen molar-refractivity contribution >= 4 is 21.9 Å². The highest BCUT2D eigenvalue weighted by atomic mass is 16.5. The van der Waals surface area contributed by atoms with Crippen molar-refractivity contribution in [3.05, 3.63) is 62.3 Å². The number of allylic oxidation sites excluding steroid dienone is 4. The summed E-state index contributed by atoms with van der Waals surface area (Å²) in [6.45, 7) is 10.3. The van der Waals surface area contributed by atoms with E-state index in [0.29, 0.717) is 47.3 Å². The summed E-state index contributed by atoms with van der Waals surface area (Å²) in [6.07, 6.45) is 4.84. The number of phenolic OH excluding ortho intramolecular Hbond substituents is 2. The zero-order valence-corrected chi connectivity index (χ0v) is 20.2. The quantitative estimate of drug-likeness (QED) is 0.259. The SMILES string of the molecule is COCCOc1cc2oc3cc(O)c(C)c(CC=C(C)C)c3c(=O)c2c(O)c1CC=C(C)C. The summed E-state index contributed by atoms with van der Waals surface area (Å²) in [5, 5.41) is 22.2. The van der Waals surface area contributed by atoms with Gasteiger partial charge in [0.1, 0.15) is 40.4 Å². The predicted molar refractivity (Wildman–Crippen MR) is 132 cm³/mol. The first-order valence-electron chi connectivity index (χ1n) is 11.0. The van der Waals surface area contributed by atoms with E-state index in [2.05, 4.69) is 0 Å². The molecule has 0 spiro atoms. The number of benzene rings is 2. The van der Waals surface area contributed by atoms with Gasteiger partial charge < -0.3 is 24.1 Å². The fraction of sp³-hybridized carbons (Fsp3) is 0.370. The smallest absolute Gasteiger partial charge is 0.204 e. The third-order valence-electron chi connectivity index (χ3n) is 5.63. The fourth-order valence-corrected chi connectivity index (χ4v) is 3.76. The van der Waals surface area contributed by atoms with Gasteiger partial charge in [0.05, 0.1) is 12.0 Å². The molecule has 0 aliphatic carbocycles. The number of aromatic hydroxyl groups is 2. The fourth-order valence-electron chi connectivity index (χ4n) is 3.76. The number of fused-ring (bicyclic) bond motifs is 2. The maximum absolute atomic E-state index is 13.7. The van der Waals surface area contributed by atoms with E-state index >= 15 is 0 Å². The second kappa shape index (κ2) is 10.1. The van der Waals surface area contributed by atoms with Gasteiger partial charge in [-0.3, -0.25) is 4.79 Å². The summed E-state index contributed by atoms with van der Waals surface area (Å²) in [5.74, 6) is 0.341. The molecule has 0 radical (unpaired) electrons. The van der Waals surface area contributed by atoms with Gasteiger partial charge in [-0.2, -0.15) is 0 Å². The summed E-state index contributed by atoms with van der Waals surface area (Å²) in [6, 6.07) is 3.09. The number of rotatable bonds is 8. The van der Waals surface area contributed by atoms with Crippen LogP contribution >= 0.6 is 0 Å². The first kappa shape index (κ1) is 24.4. The van der Waals surface area contributed by atoms with E-state index in [4.69, 9.17) is 13.9 Å². The Morgan fingerprint density at radius 1 is 0.939 bits per heavy atom. The molecule has 0 saturated heterocycles. The highest BCUT2D eigenvalue weighted by Crippen LogP contribution is 2.38. The first-order valence-corrected chi connectivity index (χ1v) is 11.0. The molecule has 0 aliphatic rings. The third-order valence-corrected chi connectivity index (χ3v) is 5.63. The molecular weight excluding hydrogens is 420 g/mol. The summed E-state index contributed by atoms with van der Waals surface area (Å²) < 4.78 is 17.0. The van der Waals surface area contributed by atoms with Gasteiger partial charge in [-0.1, -0.05) is 23.3 Å². The zero-order valence-electron chi connectivity index (χ0n) is 20.2. The topological polar surface area (TPSA) is 89.1 Å². The lowest BCUT2D eigenvalue weighted by atomic mass is 9.96. The Hall–Kier alpha value is -3.25. The highest BCUT2D eigenvalue weighted by molar-refractivity contribution is 5.97. The van der Waals surface area contributed by atoms with Gasteiger partial charge in [0, 0.05) is 24.8 Å². The summed E-state index contributed by atoms with van der Waals surface area (Å²) in [4.78, 5) is 13.7. The van der Waals surface area contributed by atoms with Crippen LogP contribution in [-0.2, 0) is 17.6 Å². The van der Waals surface area contributed by atoms with Crippen LogP contribution in [0.2, 0.25) is 0 Å². The third kappa shape index (κ3) is 5.06. The Kier molecular flexibility index (Phi) is 7.49. The Balaban J connectivity index is 2.37. The van der Waals surface area contributed by atoms with Gasteiger partial charge in [0.15, 0.2) is 0 Å². The van der Waals surface area contributed by atoms with Gasteiger partial charge in [-0.25, -0.2) is 0 Å². The minimum Gasteiger partial charge on any atom is -0.508 e. The number of ether oxygens (including phenoxy) is 2. The molecular formula is C27H32O6. The van der Waals surface area contributed by atoms with E-state index in [-0.39, 0.29) is 40.1 Å². The van der Waals surface area contributed by atoms with Crippen molar-refractivity contribution in [1.82, 2.24) is 0 Å². The average molecular weight is 453 g/mol. The Morgan fingerprint density at radius 2 is 1.55 bits per heavy atom. The standard InChI is InChI=1S/C27H32O6/c1-15(2)7-9-18-17(5)20(28)13-22-24(18)27(30)25-23(33-22)14-21(32-12-11-31-6)19(26(25)29)10-8-16(3)4/h7-8,13-14,28-29H,9-12H2,1-6H3. The molecule has 1 heterocycles. The summed E-state index contributed by atoms with van der Waals surface area (Å²) in [5.41, 5.74) is 4.15. The van der Waals surface area contributed by atoms with E-state index in [0.717, 1.165) is 11.1 Å². The first-order chi connectivity index (χ1) is 15.6. The Labute approximate surface area is 193 Å². The molecule has 0 atom stereocenters. The van der Waals surface area contributed by atoms with Crippen LogP contribution in [0.15, 0.2) is 44.6 Å². The molecule has 0 aliphatic heterocycles. The summed E-state index contributed by atoms with van der Waals surface area (Å²) in [7, 11) is 1.58. The van der Waals surface area contributed by atoms with Crippen LogP contribution in [-0.4, -0.2) is 30.5 Å². The highest BCUT2D eigenvalue weighted by Gasteiger charge is 2.22. The minimum atomic E-state index is -0.328. The van der Waals surface area contributed by atoms with E-state index < -0.39 is 0 Å². The molecule has 1 aromatic heterocycles. The molecule has 2 aromatic carbocycles. The van der Waals surface area contributed by atoms with Crippen molar-refractivity contribution in [2.75, 3.05) is 20.3 Å². The molecule has 0 fully saturated rings. The largest absolute Gasteiger partial charge is 0.508 e. The molecule has 3 aromatic rings. The van der Waals surface area contributed by atoms with Gasteiger partial charge in [0.2, 0.25) is 5.43 Å². The Bertz CT molecular complexity index is 1300. The lowest BCUT2D eigenvalue weighted by Crippen LogP contribution is -2.10. The van der Waals surface area contributed by atoms with Crippen molar-refractivity contribution in [2.24, 2.45) is 0 Å². The molecule has 0 unspecified atom stereocenters. The number of phenols is 2. The molecule has 2 N–H and O–H groups in total. The predicted octanol–water partition coefficient (Wildman–Crippen LogP) is 5.71. The second-order valence-corrected chi connectivity index (χ2v) is 8.69. The molecule has 0 amide bonds. The number of hydrogen-bond acceptors (Lipinski definition) is 6. The molecule has 6 heteroatoms. The van der Waals surface area contributed by atoms with Crippen molar-refractivity contribution in [3.63, 3.8) is 0 Å².